The molecule has 0 aromatic heterocycles. The molecule has 0 saturated heterocycles. The van der Waals surface area contributed by atoms with Crippen LogP contribution >= 0.6 is 0 Å². The molecule has 0 bridgehead atoms. The van der Waals surface area contributed by atoms with E-state index in [1.54, 1.807) is 7.11 Å². The van der Waals surface area contributed by atoms with Gasteiger partial charge in [0.25, 0.3) is 0 Å². The van der Waals surface area contributed by atoms with Crippen molar-refractivity contribution in [2.75, 3.05) is 7.11 Å². The van der Waals surface area contributed by atoms with E-state index in [1.807, 2.05) is 42.5 Å². The van der Waals surface area contributed by atoms with E-state index in [9.17, 15) is 5.11 Å². The third-order valence-corrected chi connectivity index (χ3v) is 4.13. The minimum Gasteiger partial charge on any atom is -0.493 e. The smallest absolute Gasteiger partial charge is 0.161 e. The minimum absolute atomic E-state index is 0.258. The van der Waals surface area contributed by atoms with E-state index in [0.717, 1.165) is 12.0 Å². The molecule has 3 unspecified atom stereocenters. The molecule has 2 aromatic carbocycles. The van der Waals surface area contributed by atoms with E-state index in [2.05, 4.69) is 13.0 Å². The van der Waals surface area contributed by atoms with Crippen LogP contribution in [0.25, 0.3) is 0 Å². The number of aliphatic hydroxyl groups excluding tert-OH is 1. The first-order valence-electron chi connectivity index (χ1n) is 7.27. The predicted molar refractivity (Wildman–Crippen MR) is 81.8 cm³/mol. The van der Waals surface area contributed by atoms with Crippen molar-refractivity contribution in [3.63, 3.8) is 0 Å². The number of benzene rings is 2. The second kappa shape index (κ2) is 5.78. The first-order valence-corrected chi connectivity index (χ1v) is 7.27. The van der Waals surface area contributed by atoms with Crippen LogP contribution in [0.2, 0.25) is 0 Å². The number of methoxy groups -OCH3 is 1. The van der Waals surface area contributed by atoms with Crippen molar-refractivity contribution in [2.45, 2.75) is 31.5 Å². The van der Waals surface area contributed by atoms with E-state index in [1.165, 1.54) is 5.56 Å². The Morgan fingerprint density at radius 3 is 2.29 bits per heavy atom. The maximum Gasteiger partial charge on any atom is 0.161 e. The van der Waals surface area contributed by atoms with Gasteiger partial charge in [-0.25, -0.2) is 0 Å². The molecule has 3 nitrogen and oxygen atoms in total. The molecule has 110 valence electrons. The Morgan fingerprint density at radius 1 is 0.952 bits per heavy atom. The average Bonchev–Trinajstić information content (AvgIpc) is 2.53. The molecule has 2 aromatic rings. The molecular weight excluding hydrogens is 264 g/mol. The second-order valence-corrected chi connectivity index (χ2v) is 5.52. The van der Waals surface area contributed by atoms with E-state index < -0.39 is 6.10 Å². The Labute approximate surface area is 125 Å². The van der Waals surface area contributed by atoms with Crippen LogP contribution in [0.15, 0.2) is 48.5 Å². The zero-order valence-electron chi connectivity index (χ0n) is 12.3. The minimum atomic E-state index is -0.609. The van der Waals surface area contributed by atoms with Gasteiger partial charge in [-0.15, -0.1) is 0 Å². The molecule has 3 rings (SSSR count). The molecule has 0 fully saturated rings. The van der Waals surface area contributed by atoms with Crippen LogP contribution < -0.4 is 9.47 Å². The van der Waals surface area contributed by atoms with Gasteiger partial charge in [-0.1, -0.05) is 43.3 Å². The molecule has 1 N–H and O–H groups in total. The lowest BCUT2D eigenvalue weighted by atomic mass is 9.80. The number of aliphatic hydroxyl groups is 1. The molecule has 3 heteroatoms. The van der Waals surface area contributed by atoms with Crippen molar-refractivity contribution in [3.8, 4) is 11.5 Å². The summed E-state index contributed by atoms with van der Waals surface area (Å²) in [5, 5.41) is 10.6. The van der Waals surface area contributed by atoms with Crippen molar-refractivity contribution in [3.05, 3.63) is 59.7 Å². The fourth-order valence-electron chi connectivity index (χ4n) is 3.03. The Kier molecular flexibility index (Phi) is 3.84. The van der Waals surface area contributed by atoms with Crippen LogP contribution in [0.4, 0.5) is 0 Å². The fraction of sp³-hybridized carbons (Fsp3) is 0.333. The summed E-state index contributed by atoms with van der Waals surface area (Å²) in [4.78, 5) is 0. The summed E-state index contributed by atoms with van der Waals surface area (Å²) in [6.45, 7) is 2.17. The molecular formula is C18H20O3. The summed E-state index contributed by atoms with van der Waals surface area (Å²) < 4.78 is 11.4. The van der Waals surface area contributed by atoms with Crippen LogP contribution in [0.5, 0.6) is 11.5 Å². The highest BCUT2D eigenvalue weighted by Crippen LogP contribution is 2.40. The summed E-state index contributed by atoms with van der Waals surface area (Å²) >= 11 is 0. The Hall–Kier alpha value is -2.00. The van der Waals surface area contributed by atoms with E-state index in [4.69, 9.17) is 9.47 Å². The highest BCUT2D eigenvalue weighted by molar-refractivity contribution is 5.41. The number of ether oxygens (including phenoxy) is 2. The second-order valence-electron chi connectivity index (χ2n) is 5.52. The number of hydrogen-bond donors (Lipinski definition) is 1. The van der Waals surface area contributed by atoms with Gasteiger partial charge in [0.1, 0.15) is 12.2 Å². The largest absolute Gasteiger partial charge is 0.493 e. The highest BCUT2D eigenvalue weighted by atomic mass is 16.5. The Bertz CT molecular complexity index is 623. The zero-order chi connectivity index (χ0) is 14.8. The van der Waals surface area contributed by atoms with E-state index >= 15 is 0 Å². The van der Waals surface area contributed by atoms with Crippen molar-refractivity contribution in [1.82, 2.24) is 0 Å². The van der Waals surface area contributed by atoms with Gasteiger partial charge in [0.05, 0.1) is 7.11 Å². The maximum absolute atomic E-state index is 10.6. The van der Waals surface area contributed by atoms with Crippen LogP contribution in [0.1, 0.15) is 36.5 Å². The lowest BCUT2D eigenvalue weighted by molar-refractivity contribution is 0.0166. The highest BCUT2D eigenvalue weighted by Gasteiger charge is 2.33. The first-order chi connectivity index (χ1) is 10.2. The van der Waals surface area contributed by atoms with Crippen LogP contribution in [-0.4, -0.2) is 18.3 Å². The van der Waals surface area contributed by atoms with Gasteiger partial charge in [-0.05, 0) is 35.6 Å². The van der Waals surface area contributed by atoms with Gasteiger partial charge < -0.3 is 14.6 Å². The van der Waals surface area contributed by atoms with Crippen molar-refractivity contribution < 1.29 is 14.6 Å². The van der Waals surface area contributed by atoms with E-state index in [0.29, 0.717) is 17.4 Å². The quantitative estimate of drug-likeness (QED) is 0.934. The predicted octanol–water partition coefficient (Wildman–Crippen LogP) is 3.68. The number of hydrogen-bond acceptors (Lipinski definition) is 3. The van der Waals surface area contributed by atoms with Crippen molar-refractivity contribution in [2.24, 2.45) is 0 Å². The summed E-state index contributed by atoms with van der Waals surface area (Å²) in [6.07, 6.45) is -0.0792. The lowest BCUT2D eigenvalue weighted by Gasteiger charge is -2.34. The molecule has 0 aliphatic heterocycles. The van der Waals surface area contributed by atoms with Gasteiger partial charge in [0.15, 0.2) is 11.5 Å². The zero-order valence-corrected chi connectivity index (χ0v) is 12.3. The molecule has 3 atom stereocenters. The summed E-state index contributed by atoms with van der Waals surface area (Å²) in [5.41, 5.74) is 2.18. The third-order valence-electron chi connectivity index (χ3n) is 4.13. The van der Waals surface area contributed by atoms with Crippen molar-refractivity contribution >= 4 is 0 Å². The summed E-state index contributed by atoms with van der Waals surface area (Å²) in [5.74, 6) is 1.73. The molecule has 1 aliphatic carbocycles. The standard InChI is InChI=1S/C18H20O3/c1-12-11-17(18(19)14-8-4-3-7-13(12)14)21-16-10-6-5-9-15(16)20-2/h3-10,12,17-19H,11H2,1-2H3. The Balaban J connectivity index is 1.88. The fourth-order valence-corrected chi connectivity index (χ4v) is 3.03. The summed E-state index contributed by atoms with van der Waals surface area (Å²) in [6, 6.07) is 15.6. The summed E-state index contributed by atoms with van der Waals surface area (Å²) in [7, 11) is 1.62. The van der Waals surface area contributed by atoms with Crippen LogP contribution in [0, 0.1) is 0 Å². The monoisotopic (exact) mass is 284 g/mol. The van der Waals surface area contributed by atoms with Gasteiger partial charge in [0, 0.05) is 0 Å². The lowest BCUT2D eigenvalue weighted by Crippen LogP contribution is -2.32. The van der Waals surface area contributed by atoms with Crippen LogP contribution in [-0.2, 0) is 0 Å². The van der Waals surface area contributed by atoms with Gasteiger partial charge in [0.2, 0.25) is 0 Å². The third kappa shape index (κ3) is 2.61. The van der Waals surface area contributed by atoms with Crippen LogP contribution in [0.3, 0.4) is 0 Å². The molecule has 21 heavy (non-hydrogen) atoms. The average molecular weight is 284 g/mol. The molecule has 0 saturated carbocycles. The van der Waals surface area contributed by atoms with Gasteiger partial charge in [-0.2, -0.15) is 0 Å². The number of para-hydroxylation sites is 2. The Morgan fingerprint density at radius 2 is 1.57 bits per heavy atom. The molecule has 1 aliphatic rings. The molecule has 0 heterocycles. The topological polar surface area (TPSA) is 38.7 Å². The SMILES string of the molecule is COc1ccccc1OC1CC(C)c2ccccc2C1O. The normalized spacial score (nSPS) is 24.2. The van der Waals surface area contributed by atoms with E-state index in [-0.39, 0.29) is 6.10 Å². The molecule has 0 spiro atoms. The van der Waals surface area contributed by atoms with Gasteiger partial charge in [-0.3, -0.25) is 0 Å². The molecule has 0 radical (unpaired) electrons. The van der Waals surface area contributed by atoms with Crippen molar-refractivity contribution in [1.29, 1.82) is 0 Å². The maximum atomic E-state index is 10.6. The van der Waals surface area contributed by atoms with Gasteiger partial charge >= 0.3 is 0 Å². The number of rotatable bonds is 3. The first kappa shape index (κ1) is 14.0. The number of fused-ring (bicyclic) bond motifs is 1. The molecule has 0 amide bonds.